The maximum Gasteiger partial charge on any atom is 0.401 e. The molecule has 2 aliphatic rings. The van der Waals surface area contributed by atoms with Gasteiger partial charge in [-0.15, -0.1) is 6.42 Å². The number of hydrogen-bond donors (Lipinski definition) is 1. The number of fused-ring (bicyclic) bond motifs is 1. The molecule has 2 atom stereocenters. The van der Waals surface area contributed by atoms with Crippen molar-refractivity contribution in [1.29, 1.82) is 0 Å². The second-order valence-electron chi connectivity index (χ2n) is 8.92. The lowest BCUT2D eigenvalue weighted by Crippen LogP contribution is -2.54. The van der Waals surface area contributed by atoms with Crippen LogP contribution in [-0.2, 0) is 6.42 Å². The number of anilines is 1. The fourth-order valence-corrected chi connectivity index (χ4v) is 4.81. The summed E-state index contributed by atoms with van der Waals surface area (Å²) in [6, 6.07) is 8.50. The number of nitrogens with one attached hydrogen (secondary N) is 1. The fourth-order valence-electron chi connectivity index (χ4n) is 4.81. The quantitative estimate of drug-likeness (QED) is 0.490. The molecular formula is C25H28F4N4. The zero-order valence-electron chi connectivity index (χ0n) is 18.6. The van der Waals surface area contributed by atoms with Gasteiger partial charge >= 0.3 is 6.18 Å². The smallest absolute Gasteiger partial charge is 0.378 e. The van der Waals surface area contributed by atoms with Gasteiger partial charge in [0, 0.05) is 31.2 Å². The average Bonchev–Trinajstić information content (AvgIpc) is 2.75. The molecule has 1 aromatic heterocycles. The van der Waals surface area contributed by atoms with Crippen LogP contribution < -0.4 is 5.32 Å². The van der Waals surface area contributed by atoms with Gasteiger partial charge in [-0.2, -0.15) is 13.2 Å². The van der Waals surface area contributed by atoms with Gasteiger partial charge in [0.1, 0.15) is 0 Å². The summed E-state index contributed by atoms with van der Waals surface area (Å²) in [6.45, 7) is 2.93. The number of aromatic nitrogens is 1. The fraction of sp³-hybridized carbons (Fsp3) is 0.480. The maximum atomic E-state index is 13.4. The first-order chi connectivity index (χ1) is 15.8. The summed E-state index contributed by atoms with van der Waals surface area (Å²) in [5, 5.41) is 3.39. The molecule has 0 aliphatic carbocycles. The first kappa shape index (κ1) is 23.5. The number of terminal acetylenes is 1. The van der Waals surface area contributed by atoms with Gasteiger partial charge in [-0.25, -0.2) is 0 Å². The topological polar surface area (TPSA) is 31.4 Å². The molecule has 176 valence electrons. The van der Waals surface area contributed by atoms with Crippen LogP contribution in [0.15, 0.2) is 36.5 Å². The molecule has 2 aromatic rings. The van der Waals surface area contributed by atoms with E-state index in [-0.39, 0.29) is 18.8 Å². The summed E-state index contributed by atoms with van der Waals surface area (Å²) in [7, 11) is 0. The Bertz CT molecular complexity index is 993. The third kappa shape index (κ3) is 5.48. The number of halogens is 4. The van der Waals surface area contributed by atoms with E-state index in [9.17, 15) is 17.6 Å². The van der Waals surface area contributed by atoms with Crippen LogP contribution in [0.4, 0.5) is 23.2 Å². The Balaban J connectivity index is 1.55. The zero-order valence-corrected chi connectivity index (χ0v) is 18.6. The van der Waals surface area contributed by atoms with Crippen LogP contribution in [0, 0.1) is 12.3 Å². The van der Waals surface area contributed by atoms with Gasteiger partial charge in [0.05, 0.1) is 42.9 Å². The number of likely N-dealkylation sites (tertiary alicyclic amines) is 1. The van der Waals surface area contributed by atoms with Crippen molar-refractivity contribution in [2.24, 2.45) is 0 Å². The van der Waals surface area contributed by atoms with E-state index in [1.165, 1.54) is 4.90 Å². The van der Waals surface area contributed by atoms with Crippen LogP contribution in [0.3, 0.4) is 0 Å². The summed E-state index contributed by atoms with van der Waals surface area (Å²) < 4.78 is 52.6. The summed E-state index contributed by atoms with van der Waals surface area (Å²) >= 11 is 0. The minimum absolute atomic E-state index is 0.261. The van der Waals surface area contributed by atoms with Gasteiger partial charge in [0.25, 0.3) is 0 Å². The molecule has 1 aromatic carbocycles. The molecule has 3 heterocycles. The van der Waals surface area contributed by atoms with Crippen molar-refractivity contribution in [2.45, 2.75) is 44.1 Å². The SMILES string of the molecule is C#Cc1ccc2c(c1)C[C@@H](C)N(CC(F)(F)F)[C@@H]2c1ccc(NC2CN(CCCF)C2)cn1. The predicted molar refractivity (Wildman–Crippen MR) is 121 cm³/mol. The normalized spacial score (nSPS) is 21.8. The molecule has 0 bridgehead atoms. The third-order valence-corrected chi connectivity index (χ3v) is 6.38. The van der Waals surface area contributed by atoms with Gasteiger partial charge in [0.2, 0.25) is 0 Å². The van der Waals surface area contributed by atoms with Crippen LogP contribution in [0.2, 0.25) is 0 Å². The van der Waals surface area contributed by atoms with E-state index < -0.39 is 18.8 Å². The molecule has 8 heteroatoms. The highest BCUT2D eigenvalue weighted by atomic mass is 19.4. The molecule has 1 fully saturated rings. The van der Waals surface area contributed by atoms with E-state index in [1.807, 2.05) is 25.1 Å². The van der Waals surface area contributed by atoms with Crippen molar-refractivity contribution in [3.05, 3.63) is 58.9 Å². The molecule has 0 unspecified atom stereocenters. The van der Waals surface area contributed by atoms with Crippen LogP contribution in [-0.4, -0.2) is 65.9 Å². The van der Waals surface area contributed by atoms with Gasteiger partial charge in [0.15, 0.2) is 0 Å². The molecule has 1 N–H and O–H groups in total. The molecule has 0 spiro atoms. The molecule has 2 aliphatic heterocycles. The van der Waals surface area contributed by atoms with Crippen molar-refractivity contribution >= 4 is 5.69 Å². The molecule has 1 saturated heterocycles. The molecule has 0 saturated carbocycles. The molecule has 0 radical (unpaired) electrons. The number of alkyl halides is 4. The first-order valence-electron chi connectivity index (χ1n) is 11.2. The Hall–Kier alpha value is -2.63. The zero-order chi connectivity index (χ0) is 23.6. The van der Waals surface area contributed by atoms with Crippen LogP contribution >= 0.6 is 0 Å². The Morgan fingerprint density at radius 3 is 2.64 bits per heavy atom. The van der Waals surface area contributed by atoms with E-state index in [0.717, 1.165) is 42.0 Å². The molecule has 4 nitrogen and oxygen atoms in total. The molecule has 4 rings (SSSR count). The Morgan fingerprint density at radius 1 is 1.21 bits per heavy atom. The Morgan fingerprint density at radius 2 is 2.00 bits per heavy atom. The monoisotopic (exact) mass is 460 g/mol. The average molecular weight is 461 g/mol. The van der Waals surface area contributed by atoms with Gasteiger partial charge in [-0.05, 0) is 55.2 Å². The van der Waals surface area contributed by atoms with E-state index in [4.69, 9.17) is 6.42 Å². The summed E-state index contributed by atoms with van der Waals surface area (Å²) in [6.07, 6.45) is 3.94. The second-order valence-corrected chi connectivity index (χ2v) is 8.92. The largest absolute Gasteiger partial charge is 0.401 e. The minimum atomic E-state index is -4.32. The van der Waals surface area contributed by atoms with Crippen molar-refractivity contribution in [3.63, 3.8) is 0 Å². The van der Waals surface area contributed by atoms with E-state index in [2.05, 4.69) is 21.1 Å². The van der Waals surface area contributed by atoms with Crippen molar-refractivity contribution in [3.8, 4) is 12.3 Å². The van der Waals surface area contributed by atoms with E-state index in [0.29, 0.717) is 18.5 Å². The van der Waals surface area contributed by atoms with Crippen LogP contribution in [0.5, 0.6) is 0 Å². The Kier molecular flexibility index (Phi) is 6.91. The summed E-state index contributed by atoms with van der Waals surface area (Å²) in [4.78, 5) is 8.22. The maximum absolute atomic E-state index is 13.4. The van der Waals surface area contributed by atoms with Crippen molar-refractivity contribution in [2.75, 3.05) is 38.2 Å². The van der Waals surface area contributed by atoms with Crippen LogP contribution in [0.1, 0.15) is 41.8 Å². The first-order valence-corrected chi connectivity index (χ1v) is 11.2. The number of hydrogen-bond acceptors (Lipinski definition) is 4. The van der Waals surface area contributed by atoms with E-state index >= 15 is 0 Å². The molecule has 33 heavy (non-hydrogen) atoms. The molecule has 0 amide bonds. The predicted octanol–water partition coefficient (Wildman–Crippen LogP) is 4.42. The highest BCUT2D eigenvalue weighted by Crippen LogP contribution is 2.39. The minimum Gasteiger partial charge on any atom is -0.378 e. The third-order valence-electron chi connectivity index (χ3n) is 6.38. The number of nitrogens with zero attached hydrogens (tertiary/aromatic N) is 3. The number of pyridine rings is 1. The van der Waals surface area contributed by atoms with E-state index in [1.54, 1.807) is 18.3 Å². The van der Waals surface area contributed by atoms with Gasteiger partial charge in [-0.1, -0.05) is 12.0 Å². The number of rotatable bonds is 7. The lowest BCUT2D eigenvalue weighted by atomic mass is 9.85. The summed E-state index contributed by atoms with van der Waals surface area (Å²) in [5.74, 6) is 2.61. The number of benzene rings is 1. The molecular weight excluding hydrogens is 432 g/mol. The van der Waals surface area contributed by atoms with Crippen molar-refractivity contribution in [1.82, 2.24) is 14.8 Å². The highest BCUT2D eigenvalue weighted by molar-refractivity contribution is 5.48. The lowest BCUT2D eigenvalue weighted by molar-refractivity contribution is -0.155. The lowest BCUT2D eigenvalue weighted by Gasteiger charge is -2.42. The Labute approximate surface area is 192 Å². The van der Waals surface area contributed by atoms with Crippen molar-refractivity contribution < 1.29 is 17.6 Å². The standard InChI is InChI=1S/C25H28F4N4/c1-3-18-5-7-22-19(12-18)11-17(2)33(16-25(27,28)29)24(22)23-8-6-20(13-30-23)31-21-14-32(15-21)10-4-9-26/h1,5-8,12-13,17,21,24,31H,4,9-11,14-16H2,2H3/t17-,24+/m1/s1. The van der Waals surface area contributed by atoms with Gasteiger partial charge < -0.3 is 5.32 Å². The van der Waals surface area contributed by atoms with Crippen LogP contribution in [0.25, 0.3) is 0 Å². The van der Waals surface area contributed by atoms with Gasteiger partial charge in [-0.3, -0.25) is 19.2 Å². The second kappa shape index (κ2) is 9.70. The summed E-state index contributed by atoms with van der Waals surface area (Å²) in [5.41, 5.74) is 3.89. The highest BCUT2D eigenvalue weighted by Gasteiger charge is 2.41.